The molecular formula is C59H53ClCuFN12O3. The van der Waals surface area contributed by atoms with E-state index in [9.17, 15) is 14.0 Å². The molecule has 15 nitrogen and oxygen atoms in total. The molecule has 0 radical (unpaired) electrons. The van der Waals surface area contributed by atoms with E-state index in [-0.39, 0.29) is 41.9 Å². The molecular weight excluding hydrogens is 1040 g/mol. The van der Waals surface area contributed by atoms with Crippen LogP contribution in [0.3, 0.4) is 0 Å². The number of anilines is 1. The van der Waals surface area contributed by atoms with E-state index in [1.165, 1.54) is 12.1 Å². The van der Waals surface area contributed by atoms with Gasteiger partial charge in [0.1, 0.15) is 11.9 Å². The second-order valence-electron chi connectivity index (χ2n) is 16.6. The molecule has 0 atom stereocenters. The fraction of sp³-hybridized carbons (Fsp3) is 0.153. The van der Waals surface area contributed by atoms with Crippen LogP contribution >= 0.6 is 11.6 Å². The molecule has 5 aromatic carbocycles. The van der Waals surface area contributed by atoms with E-state index in [2.05, 4.69) is 45.7 Å². The molecule has 1 amide bonds. The molecule has 0 spiro atoms. The molecule has 10 rings (SSSR count). The van der Waals surface area contributed by atoms with Gasteiger partial charge in [-0.1, -0.05) is 140 Å². The summed E-state index contributed by atoms with van der Waals surface area (Å²) in [4.78, 5) is 27.6. The van der Waals surface area contributed by atoms with Crippen LogP contribution in [0.25, 0.3) is 45.0 Å². The van der Waals surface area contributed by atoms with Crippen LogP contribution in [0.15, 0.2) is 170 Å². The minimum absolute atomic E-state index is 0. The van der Waals surface area contributed by atoms with Crippen LogP contribution in [-0.4, -0.2) is 88.9 Å². The molecule has 1 N–H and O–H groups in total. The monoisotopic (exact) mass is 1090 g/mol. The van der Waals surface area contributed by atoms with E-state index in [0.717, 1.165) is 61.7 Å². The summed E-state index contributed by atoms with van der Waals surface area (Å²) in [6.45, 7) is 14.7. The Morgan fingerprint density at radius 3 is 1.26 bits per heavy atom. The van der Waals surface area contributed by atoms with Crippen molar-refractivity contribution in [2.24, 2.45) is 0 Å². The van der Waals surface area contributed by atoms with E-state index in [1.807, 2.05) is 166 Å². The molecule has 392 valence electrons. The van der Waals surface area contributed by atoms with Crippen molar-refractivity contribution in [2.75, 3.05) is 31.1 Å². The van der Waals surface area contributed by atoms with Gasteiger partial charge in [-0.05, 0) is 98.5 Å². The topological polar surface area (TPSA) is 212 Å². The number of hydrogen-bond donors (Lipinski definition) is 1. The predicted octanol–water partition coefficient (Wildman–Crippen LogP) is 11.9. The molecule has 0 bridgehead atoms. The van der Waals surface area contributed by atoms with Crippen molar-refractivity contribution in [2.45, 2.75) is 35.1 Å². The van der Waals surface area contributed by atoms with Gasteiger partial charge in [0.25, 0.3) is 5.91 Å². The van der Waals surface area contributed by atoms with Crippen LogP contribution in [0.1, 0.15) is 56.4 Å². The summed E-state index contributed by atoms with van der Waals surface area (Å²) in [6, 6.07) is 54.9. The number of carbonyl (C=O) groups excluding carboxylic acids is 1. The van der Waals surface area contributed by atoms with E-state index >= 15 is 0 Å². The Labute approximate surface area is 463 Å². The van der Waals surface area contributed by atoms with Crippen LogP contribution in [0, 0.1) is 56.7 Å². The van der Waals surface area contributed by atoms with Gasteiger partial charge < -0.3 is 26.7 Å². The van der Waals surface area contributed by atoms with Gasteiger partial charge in [-0.2, -0.15) is 5.26 Å². The second-order valence-corrected chi connectivity index (χ2v) is 17.0. The zero-order chi connectivity index (χ0) is 53.7. The van der Waals surface area contributed by atoms with E-state index < -0.39 is 5.97 Å². The van der Waals surface area contributed by atoms with Crippen LogP contribution in [0.2, 0.25) is 5.15 Å². The molecule has 18 heteroatoms. The third kappa shape index (κ3) is 16.9. The van der Waals surface area contributed by atoms with Crippen molar-refractivity contribution >= 4 is 29.2 Å². The Balaban J connectivity index is 0.000000227. The average Bonchev–Trinajstić information content (AvgIpc) is 3.46. The first kappa shape index (κ1) is 60.4. The molecule has 9 aromatic rings. The van der Waals surface area contributed by atoms with E-state index in [4.69, 9.17) is 33.8 Å². The number of carbonyl (C=O) groups is 2. The maximum Gasteiger partial charge on any atom is 1.00 e. The minimum atomic E-state index is -1.05. The molecule has 0 unspecified atom stereocenters. The third-order valence-electron chi connectivity index (χ3n) is 11.4. The largest absolute Gasteiger partial charge is 1.00 e. The van der Waals surface area contributed by atoms with Gasteiger partial charge >= 0.3 is 23.0 Å². The maximum absolute atomic E-state index is 13.1. The first-order valence-corrected chi connectivity index (χ1v) is 23.7. The summed E-state index contributed by atoms with van der Waals surface area (Å²) < 4.78 is 13.1. The number of amides is 1. The number of aryl methyl sites for hydroxylation is 4. The summed E-state index contributed by atoms with van der Waals surface area (Å²) in [6.07, 6.45) is 0. The number of nitrogens with zero attached hydrogens (tertiary/aromatic N) is 12. The van der Waals surface area contributed by atoms with Crippen molar-refractivity contribution in [3.63, 3.8) is 0 Å². The summed E-state index contributed by atoms with van der Waals surface area (Å²) in [5, 5.41) is 56.1. The second kappa shape index (κ2) is 30.3. The van der Waals surface area contributed by atoms with Gasteiger partial charge in [0, 0.05) is 54.1 Å². The SMILES string of the molecule is C.Cc1cc(-c2ccccc2)nnc1C#N.Cc1cc(-c2ccccc2)nnc1C(=O)N1CCN(c2ccc(F)cc2)CC1.Cc1cc(-c2ccccc2)nnc1C(=O)O.Cc1cc(-c2ccccc2)nnc1Cl.[C-]#N.[Cu+]. The van der Waals surface area contributed by atoms with Crippen molar-refractivity contribution in [3.8, 4) is 51.1 Å². The number of hydrogen-bond acceptors (Lipinski definition) is 13. The number of nitriles is 1. The number of benzene rings is 5. The molecule has 1 aliphatic heterocycles. The molecule has 1 fully saturated rings. The first-order valence-electron chi connectivity index (χ1n) is 23.3. The fourth-order valence-electron chi connectivity index (χ4n) is 7.43. The van der Waals surface area contributed by atoms with Gasteiger partial charge in [-0.3, -0.25) is 4.79 Å². The molecule has 1 saturated heterocycles. The Bertz CT molecular complexity index is 3390. The Kier molecular flexibility index (Phi) is 23.8. The van der Waals surface area contributed by atoms with Gasteiger partial charge in [0.05, 0.1) is 22.8 Å². The smallest absolute Gasteiger partial charge is 0.512 e. The van der Waals surface area contributed by atoms with Crippen LogP contribution in [0.5, 0.6) is 0 Å². The standard InChI is InChI=1S/C22H21FN4O.C12H9N3.C12H10N2O2.C11H9ClN2.CN.CH4.Cu/c1-16-15-20(17-5-3-2-4-6-17)24-25-21(16)22(28)27-13-11-26(12-14-27)19-9-7-18(23)8-10-19;1-9-7-11(14-15-12(9)8-13)10-5-3-2-4-6-10;1-8-7-10(9-5-3-2-4-6-9)13-14-11(8)12(15)16;1-8-7-10(13-14-11(8)12)9-5-3-2-4-6-9;1-2;;/h2-10,15H,11-14H2,1H3;2-7H,1H3;2-7H,1H3,(H,15,16);2-7H,1H3;;1H4;/q;;;;-1;;+1. The summed E-state index contributed by atoms with van der Waals surface area (Å²) in [5.41, 5.74) is 12.0. The van der Waals surface area contributed by atoms with E-state index in [0.29, 0.717) is 54.0 Å². The Morgan fingerprint density at radius 1 is 0.532 bits per heavy atom. The van der Waals surface area contributed by atoms with Crippen LogP contribution in [-0.2, 0) is 17.1 Å². The van der Waals surface area contributed by atoms with E-state index in [1.54, 1.807) is 30.0 Å². The number of rotatable bonds is 7. The molecule has 1 aliphatic rings. The zero-order valence-corrected chi connectivity index (χ0v) is 43.4. The maximum atomic E-state index is 13.1. The number of carboxylic acid groups (broad SMARTS) is 1. The first-order chi connectivity index (χ1) is 36.4. The predicted molar refractivity (Wildman–Crippen MR) is 292 cm³/mol. The molecule has 0 aliphatic carbocycles. The Hall–Kier alpha value is -9.12. The number of aromatic nitrogens is 8. The molecule has 5 heterocycles. The van der Waals surface area contributed by atoms with Gasteiger partial charge in [0.2, 0.25) is 0 Å². The van der Waals surface area contributed by atoms with Gasteiger partial charge in [0.15, 0.2) is 22.2 Å². The summed E-state index contributed by atoms with van der Waals surface area (Å²) in [5.74, 6) is -1.39. The molecule has 0 saturated carbocycles. The quantitative estimate of drug-likeness (QED) is 0.116. The van der Waals surface area contributed by atoms with Crippen molar-refractivity contribution < 1.29 is 36.2 Å². The van der Waals surface area contributed by atoms with Gasteiger partial charge in [-0.15, -0.1) is 40.8 Å². The van der Waals surface area contributed by atoms with Crippen LogP contribution < -0.4 is 4.90 Å². The Morgan fingerprint density at radius 2 is 0.896 bits per heavy atom. The number of aromatic carboxylic acids is 1. The molecule has 4 aromatic heterocycles. The minimum Gasteiger partial charge on any atom is -0.512 e. The van der Waals surface area contributed by atoms with Crippen molar-refractivity contribution in [3.05, 3.63) is 227 Å². The average molecular weight is 1100 g/mol. The van der Waals surface area contributed by atoms with Gasteiger partial charge in [-0.25, -0.2) is 9.18 Å². The summed E-state index contributed by atoms with van der Waals surface area (Å²) >= 11 is 5.79. The summed E-state index contributed by atoms with van der Waals surface area (Å²) in [7, 11) is 0. The third-order valence-corrected chi connectivity index (χ3v) is 11.8. The zero-order valence-electron chi connectivity index (χ0n) is 41.7. The number of halogens is 2. The normalized spacial score (nSPS) is 11.0. The number of carboxylic acids is 1. The number of piperazine rings is 1. The molecule has 77 heavy (non-hydrogen) atoms. The van der Waals surface area contributed by atoms with Crippen LogP contribution in [0.4, 0.5) is 10.1 Å². The van der Waals surface area contributed by atoms with Crippen molar-refractivity contribution in [1.29, 1.82) is 10.5 Å². The fourth-order valence-corrected chi connectivity index (χ4v) is 7.52. The van der Waals surface area contributed by atoms with Crippen molar-refractivity contribution in [1.82, 2.24) is 45.7 Å².